The van der Waals surface area contributed by atoms with Gasteiger partial charge in [-0.1, -0.05) is 26.0 Å². The third kappa shape index (κ3) is 4.71. The number of carbonyl (C=O) groups is 1. The summed E-state index contributed by atoms with van der Waals surface area (Å²) in [6.45, 7) is 4.98. The molecule has 2 unspecified atom stereocenters. The summed E-state index contributed by atoms with van der Waals surface area (Å²) in [6, 6.07) is 9.44. The predicted molar refractivity (Wildman–Crippen MR) is 91.6 cm³/mol. The first-order valence-electron chi connectivity index (χ1n) is 8.85. The van der Waals surface area contributed by atoms with Gasteiger partial charge < -0.3 is 15.4 Å². The standard InChI is InChI=1S/C19H28N2O2/c1-13(2)12-23-18-7-3-14(4-8-18)9-19(22)21-17-10-15-5-6-16(11-17)20-15/h3-4,7-8,13,15-17,20H,5-6,9-12H2,1-2H3,(H,21,22). The summed E-state index contributed by atoms with van der Waals surface area (Å²) in [4.78, 5) is 12.3. The van der Waals surface area contributed by atoms with Crippen molar-refractivity contribution >= 4 is 5.91 Å². The summed E-state index contributed by atoms with van der Waals surface area (Å²) in [7, 11) is 0. The minimum Gasteiger partial charge on any atom is -0.493 e. The van der Waals surface area contributed by atoms with Crippen molar-refractivity contribution in [1.29, 1.82) is 0 Å². The van der Waals surface area contributed by atoms with Crippen LogP contribution in [0.2, 0.25) is 0 Å². The summed E-state index contributed by atoms with van der Waals surface area (Å²) in [5, 5.41) is 6.82. The van der Waals surface area contributed by atoms with E-state index in [2.05, 4.69) is 24.5 Å². The summed E-state index contributed by atoms with van der Waals surface area (Å²) < 4.78 is 5.67. The molecule has 0 spiro atoms. The van der Waals surface area contributed by atoms with Crippen molar-refractivity contribution in [2.45, 2.75) is 64.1 Å². The van der Waals surface area contributed by atoms with E-state index in [1.165, 1.54) is 12.8 Å². The highest BCUT2D eigenvalue weighted by atomic mass is 16.5. The van der Waals surface area contributed by atoms with Gasteiger partial charge in [0.1, 0.15) is 5.75 Å². The lowest BCUT2D eigenvalue weighted by Crippen LogP contribution is -2.48. The molecule has 0 aromatic heterocycles. The fraction of sp³-hybridized carbons (Fsp3) is 0.632. The highest BCUT2D eigenvalue weighted by Gasteiger charge is 2.33. The van der Waals surface area contributed by atoms with Crippen molar-refractivity contribution in [3.8, 4) is 5.75 Å². The molecule has 2 atom stereocenters. The van der Waals surface area contributed by atoms with E-state index in [-0.39, 0.29) is 5.91 Å². The molecule has 2 bridgehead atoms. The summed E-state index contributed by atoms with van der Waals surface area (Å²) in [5.41, 5.74) is 1.04. The Balaban J connectivity index is 1.46. The molecule has 2 aliphatic heterocycles. The van der Waals surface area contributed by atoms with Crippen LogP contribution in [0.1, 0.15) is 45.1 Å². The summed E-state index contributed by atoms with van der Waals surface area (Å²) >= 11 is 0. The molecule has 0 radical (unpaired) electrons. The maximum absolute atomic E-state index is 12.3. The molecule has 4 nitrogen and oxygen atoms in total. The molecular formula is C19H28N2O2. The van der Waals surface area contributed by atoms with E-state index >= 15 is 0 Å². The highest BCUT2D eigenvalue weighted by molar-refractivity contribution is 5.78. The highest BCUT2D eigenvalue weighted by Crippen LogP contribution is 2.26. The molecule has 0 aliphatic carbocycles. The van der Waals surface area contributed by atoms with Crippen LogP contribution in [0.25, 0.3) is 0 Å². The Bertz CT molecular complexity index is 515. The molecule has 2 saturated heterocycles. The molecule has 0 saturated carbocycles. The lowest BCUT2D eigenvalue weighted by Gasteiger charge is -2.29. The average Bonchev–Trinajstić information content (AvgIpc) is 2.85. The zero-order chi connectivity index (χ0) is 16.2. The number of ether oxygens (including phenoxy) is 1. The normalized spacial score (nSPS) is 26.3. The predicted octanol–water partition coefficient (Wildman–Crippen LogP) is 2.66. The number of benzene rings is 1. The zero-order valence-corrected chi connectivity index (χ0v) is 14.2. The van der Waals surface area contributed by atoms with Gasteiger partial charge in [0.15, 0.2) is 0 Å². The third-order valence-corrected chi connectivity index (χ3v) is 4.71. The van der Waals surface area contributed by atoms with Crippen molar-refractivity contribution in [2.24, 2.45) is 5.92 Å². The van der Waals surface area contributed by atoms with E-state index in [4.69, 9.17) is 4.74 Å². The molecule has 2 aliphatic rings. The van der Waals surface area contributed by atoms with Crippen molar-refractivity contribution in [1.82, 2.24) is 10.6 Å². The first-order valence-corrected chi connectivity index (χ1v) is 8.85. The Hall–Kier alpha value is -1.55. The van der Waals surface area contributed by atoms with Crippen LogP contribution in [0.3, 0.4) is 0 Å². The van der Waals surface area contributed by atoms with Gasteiger partial charge in [0, 0.05) is 18.1 Å². The number of rotatable bonds is 6. The fourth-order valence-corrected chi connectivity index (χ4v) is 3.61. The smallest absolute Gasteiger partial charge is 0.224 e. The maximum atomic E-state index is 12.3. The van der Waals surface area contributed by atoms with Crippen LogP contribution in [-0.2, 0) is 11.2 Å². The Kier molecular flexibility index (Phi) is 5.21. The average molecular weight is 316 g/mol. The Morgan fingerprint density at radius 3 is 2.48 bits per heavy atom. The molecule has 1 aromatic rings. The van der Waals surface area contributed by atoms with Crippen LogP contribution < -0.4 is 15.4 Å². The van der Waals surface area contributed by atoms with E-state index < -0.39 is 0 Å². The van der Waals surface area contributed by atoms with E-state index in [9.17, 15) is 4.79 Å². The SMILES string of the molecule is CC(C)COc1ccc(CC(=O)NC2CC3CCC(C2)N3)cc1. The fourth-order valence-electron chi connectivity index (χ4n) is 3.61. The Morgan fingerprint density at radius 2 is 1.87 bits per heavy atom. The summed E-state index contributed by atoms with van der Waals surface area (Å²) in [6.07, 6.45) is 5.11. The van der Waals surface area contributed by atoms with E-state index in [1.54, 1.807) is 0 Å². The molecule has 4 heteroatoms. The van der Waals surface area contributed by atoms with Gasteiger partial charge in [0.05, 0.1) is 13.0 Å². The van der Waals surface area contributed by atoms with Crippen LogP contribution in [0.5, 0.6) is 5.75 Å². The second-order valence-electron chi connectivity index (χ2n) is 7.40. The number of hydrogen-bond donors (Lipinski definition) is 2. The zero-order valence-electron chi connectivity index (χ0n) is 14.2. The first kappa shape index (κ1) is 16.3. The molecule has 1 aromatic carbocycles. The molecule has 2 fully saturated rings. The molecule has 2 heterocycles. The van der Waals surface area contributed by atoms with E-state index in [1.807, 2.05) is 24.3 Å². The van der Waals surface area contributed by atoms with Gasteiger partial charge in [-0.25, -0.2) is 0 Å². The van der Waals surface area contributed by atoms with E-state index in [0.29, 0.717) is 30.5 Å². The molecule has 23 heavy (non-hydrogen) atoms. The summed E-state index contributed by atoms with van der Waals surface area (Å²) in [5.74, 6) is 1.52. The van der Waals surface area contributed by atoms with Gasteiger partial charge in [-0.2, -0.15) is 0 Å². The van der Waals surface area contributed by atoms with Gasteiger partial charge in [-0.3, -0.25) is 4.79 Å². The molecule has 126 valence electrons. The lowest BCUT2D eigenvalue weighted by atomic mass is 9.99. The number of amides is 1. The minimum atomic E-state index is 0.132. The van der Waals surface area contributed by atoms with Gasteiger partial charge >= 0.3 is 0 Å². The molecular weight excluding hydrogens is 288 g/mol. The topological polar surface area (TPSA) is 50.4 Å². The Morgan fingerprint density at radius 1 is 1.22 bits per heavy atom. The third-order valence-electron chi connectivity index (χ3n) is 4.71. The minimum absolute atomic E-state index is 0.132. The van der Waals surface area contributed by atoms with Gasteiger partial charge in [0.25, 0.3) is 0 Å². The largest absolute Gasteiger partial charge is 0.493 e. The monoisotopic (exact) mass is 316 g/mol. The van der Waals surface area contributed by atoms with Gasteiger partial charge in [-0.05, 0) is 49.3 Å². The van der Waals surface area contributed by atoms with Crippen molar-refractivity contribution in [2.75, 3.05) is 6.61 Å². The second kappa shape index (κ2) is 7.35. The van der Waals surface area contributed by atoms with E-state index in [0.717, 1.165) is 30.8 Å². The maximum Gasteiger partial charge on any atom is 0.224 e. The van der Waals surface area contributed by atoms with Gasteiger partial charge in [-0.15, -0.1) is 0 Å². The number of carbonyl (C=O) groups excluding carboxylic acids is 1. The van der Waals surface area contributed by atoms with Crippen LogP contribution in [-0.4, -0.2) is 30.6 Å². The van der Waals surface area contributed by atoms with Crippen LogP contribution in [0.15, 0.2) is 24.3 Å². The molecule has 1 amide bonds. The van der Waals surface area contributed by atoms with Crippen LogP contribution >= 0.6 is 0 Å². The van der Waals surface area contributed by atoms with Crippen molar-refractivity contribution in [3.63, 3.8) is 0 Å². The lowest BCUT2D eigenvalue weighted by molar-refractivity contribution is -0.121. The molecule has 2 N–H and O–H groups in total. The first-order chi connectivity index (χ1) is 11.1. The van der Waals surface area contributed by atoms with Crippen LogP contribution in [0, 0.1) is 5.92 Å². The molecule has 3 rings (SSSR count). The second-order valence-corrected chi connectivity index (χ2v) is 7.40. The number of hydrogen-bond acceptors (Lipinski definition) is 3. The van der Waals surface area contributed by atoms with Gasteiger partial charge in [0.2, 0.25) is 5.91 Å². The Labute approximate surface area is 139 Å². The number of fused-ring (bicyclic) bond motifs is 2. The quantitative estimate of drug-likeness (QED) is 0.848. The number of piperidine rings is 1. The van der Waals surface area contributed by atoms with Crippen LogP contribution in [0.4, 0.5) is 0 Å². The van der Waals surface area contributed by atoms with Crippen molar-refractivity contribution < 1.29 is 9.53 Å². The number of nitrogens with one attached hydrogen (secondary N) is 2. The van der Waals surface area contributed by atoms with Crippen molar-refractivity contribution in [3.05, 3.63) is 29.8 Å².